The van der Waals surface area contributed by atoms with Crippen molar-refractivity contribution in [2.45, 2.75) is 31.7 Å². The molecular weight excluding hydrogens is 366 g/mol. The van der Waals surface area contributed by atoms with Gasteiger partial charge >= 0.3 is 0 Å². The molecule has 0 atom stereocenters. The number of benzene rings is 2. The summed E-state index contributed by atoms with van der Waals surface area (Å²) in [7, 11) is 0. The van der Waals surface area contributed by atoms with Gasteiger partial charge in [-0.15, -0.1) is 10.2 Å². The Labute approximate surface area is 168 Å². The molecule has 0 saturated carbocycles. The minimum absolute atomic E-state index is 0.694. The predicted molar refractivity (Wildman–Crippen MR) is 113 cm³/mol. The van der Waals surface area contributed by atoms with E-state index < -0.39 is 0 Å². The predicted octanol–water partition coefficient (Wildman–Crippen LogP) is 4.94. The van der Waals surface area contributed by atoms with Gasteiger partial charge in [-0.05, 0) is 49.6 Å². The molecule has 28 heavy (non-hydrogen) atoms. The van der Waals surface area contributed by atoms with Gasteiger partial charge in [0.2, 0.25) is 0 Å². The van der Waals surface area contributed by atoms with Gasteiger partial charge in [-0.1, -0.05) is 47.7 Å². The van der Waals surface area contributed by atoms with Crippen LogP contribution in [0.4, 0.5) is 0 Å². The smallest absolute Gasteiger partial charge is 0.196 e. The van der Waals surface area contributed by atoms with Gasteiger partial charge in [0, 0.05) is 23.8 Å². The lowest BCUT2D eigenvalue weighted by atomic mass is 10.1. The number of nitrogens with zero attached hydrogens (tertiary/aromatic N) is 5. The number of hydrogen-bond acceptors (Lipinski definition) is 5. The molecule has 0 aliphatic heterocycles. The molecule has 6 heteroatoms. The minimum atomic E-state index is 0.694. The first-order valence-corrected chi connectivity index (χ1v) is 10.1. The Morgan fingerprint density at radius 1 is 0.893 bits per heavy atom. The minimum Gasteiger partial charge on any atom is -0.269 e. The summed E-state index contributed by atoms with van der Waals surface area (Å²) < 4.78 is 2.05. The van der Waals surface area contributed by atoms with Crippen molar-refractivity contribution in [1.82, 2.24) is 24.7 Å². The average molecular weight is 388 g/mol. The van der Waals surface area contributed by atoms with Crippen LogP contribution in [0.1, 0.15) is 22.3 Å². The SMILES string of the molecule is Cc1ccc(-n2c(SCc3ccc(C)c(C)c3)nnc2-c2cnccn2)cc1. The number of rotatable bonds is 5. The van der Waals surface area contributed by atoms with Crippen molar-refractivity contribution in [1.29, 1.82) is 0 Å². The van der Waals surface area contributed by atoms with Crippen LogP contribution in [0.2, 0.25) is 0 Å². The van der Waals surface area contributed by atoms with Gasteiger partial charge in [-0.2, -0.15) is 0 Å². The van der Waals surface area contributed by atoms with Crippen molar-refractivity contribution in [3.63, 3.8) is 0 Å². The first-order valence-electron chi connectivity index (χ1n) is 9.09. The first kappa shape index (κ1) is 18.4. The van der Waals surface area contributed by atoms with Crippen LogP contribution in [-0.2, 0) is 5.75 Å². The molecule has 0 radical (unpaired) electrons. The molecule has 0 aliphatic carbocycles. The summed E-state index contributed by atoms with van der Waals surface area (Å²) in [6, 6.07) is 14.9. The topological polar surface area (TPSA) is 56.5 Å². The molecule has 0 amide bonds. The molecule has 4 aromatic rings. The van der Waals surface area contributed by atoms with Crippen LogP contribution < -0.4 is 0 Å². The first-order chi connectivity index (χ1) is 13.6. The molecule has 0 fully saturated rings. The number of thioether (sulfide) groups is 1. The van der Waals surface area contributed by atoms with Crippen molar-refractivity contribution < 1.29 is 0 Å². The third-order valence-corrected chi connectivity index (χ3v) is 5.66. The van der Waals surface area contributed by atoms with Crippen LogP contribution in [0, 0.1) is 20.8 Å². The highest BCUT2D eigenvalue weighted by atomic mass is 32.2. The van der Waals surface area contributed by atoms with Crippen LogP contribution >= 0.6 is 11.8 Å². The Balaban J connectivity index is 1.71. The van der Waals surface area contributed by atoms with Crippen molar-refractivity contribution in [2.24, 2.45) is 0 Å². The zero-order valence-electron chi connectivity index (χ0n) is 16.1. The Bertz CT molecular complexity index is 1090. The van der Waals surface area contributed by atoms with Crippen LogP contribution in [0.15, 0.2) is 66.2 Å². The molecule has 5 nitrogen and oxygen atoms in total. The zero-order chi connectivity index (χ0) is 19.5. The number of hydrogen-bond donors (Lipinski definition) is 0. The highest BCUT2D eigenvalue weighted by Crippen LogP contribution is 2.29. The Hall–Kier alpha value is -2.99. The molecule has 0 spiro atoms. The summed E-state index contributed by atoms with van der Waals surface area (Å²) in [6.07, 6.45) is 5.04. The van der Waals surface area contributed by atoms with E-state index in [0.717, 1.165) is 16.6 Å². The summed E-state index contributed by atoms with van der Waals surface area (Å²) in [5.74, 6) is 1.52. The van der Waals surface area contributed by atoms with E-state index in [1.807, 2.05) is 0 Å². The summed E-state index contributed by atoms with van der Waals surface area (Å²) >= 11 is 1.67. The van der Waals surface area contributed by atoms with Crippen LogP contribution in [-0.4, -0.2) is 24.7 Å². The van der Waals surface area contributed by atoms with Crippen LogP contribution in [0.25, 0.3) is 17.2 Å². The summed E-state index contributed by atoms with van der Waals surface area (Å²) in [5, 5.41) is 9.71. The van der Waals surface area contributed by atoms with E-state index in [1.165, 1.54) is 22.3 Å². The maximum atomic E-state index is 4.45. The maximum Gasteiger partial charge on any atom is 0.196 e. The lowest BCUT2D eigenvalue weighted by molar-refractivity contribution is 0.884. The zero-order valence-corrected chi connectivity index (χ0v) is 16.9. The molecule has 140 valence electrons. The molecular formula is C22H21N5S. The standard InChI is InChI=1S/C22H21N5S/c1-15-4-8-19(9-5-15)27-21(20-13-23-10-11-24-20)25-26-22(27)28-14-18-7-6-16(2)17(3)12-18/h4-13H,14H2,1-3H3. The van der Waals surface area contributed by atoms with E-state index in [9.17, 15) is 0 Å². The number of aromatic nitrogens is 5. The lowest BCUT2D eigenvalue weighted by Gasteiger charge is -2.10. The van der Waals surface area contributed by atoms with E-state index in [2.05, 4.69) is 88.0 Å². The van der Waals surface area contributed by atoms with Crippen LogP contribution in [0.5, 0.6) is 0 Å². The molecule has 0 aliphatic rings. The quantitative estimate of drug-likeness (QED) is 0.454. The largest absolute Gasteiger partial charge is 0.269 e. The summed E-state index contributed by atoms with van der Waals surface area (Å²) in [4.78, 5) is 8.59. The molecule has 0 N–H and O–H groups in total. The third-order valence-electron chi connectivity index (χ3n) is 4.66. The van der Waals surface area contributed by atoms with Gasteiger partial charge < -0.3 is 0 Å². The monoisotopic (exact) mass is 387 g/mol. The van der Waals surface area contributed by atoms with Gasteiger partial charge in [0.1, 0.15) is 5.69 Å². The van der Waals surface area contributed by atoms with Crippen molar-refractivity contribution in [3.05, 3.63) is 83.3 Å². The normalized spacial score (nSPS) is 11.0. The second kappa shape index (κ2) is 7.94. The second-order valence-corrected chi connectivity index (χ2v) is 7.72. The molecule has 0 saturated heterocycles. The van der Waals surface area contributed by atoms with E-state index in [1.54, 1.807) is 30.4 Å². The summed E-state index contributed by atoms with van der Waals surface area (Å²) in [5.41, 5.74) is 6.81. The van der Waals surface area contributed by atoms with E-state index >= 15 is 0 Å². The number of aryl methyl sites for hydroxylation is 3. The highest BCUT2D eigenvalue weighted by molar-refractivity contribution is 7.98. The van der Waals surface area contributed by atoms with E-state index in [-0.39, 0.29) is 0 Å². The lowest BCUT2D eigenvalue weighted by Crippen LogP contribution is -2.01. The van der Waals surface area contributed by atoms with E-state index in [4.69, 9.17) is 0 Å². The van der Waals surface area contributed by atoms with Gasteiger partial charge in [0.25, 0.3) is 0 Å². The van der Waals surface area contributed by atoms with Crippen LogP contribution in [0.3, 0.4) is 0 Å². The molecule has 2 aromatic carbocycles. The third kappa shape index (κ3) is 3.82. The van der Waals surface area contributed by atoms with Crippen molar-refractivity contribution in [2.75, 3.05) is 0 Å². The molecule has 2 aromatic heterocycles. The van der Waals surface area contributed by atoms with Gasteiger partial charge in [-0.25, -0.2) is 4.98 Å². The molecule has 4 rings (SSSR count). The van der Waals surface area contributed by atoms with Crippen molar-refractivity contribution >= 4 is 11.8 Å². The second-order valence-electron chi connectivity index (χ2n) is 6.78. The Morgan fingerprint density at radius 3 is 2.43 bits per heavy atom. The van der Waals surface area contributed by atoms with Gasteiger partial charge in [0.15, 0.2) is 11.0 Å². The fourth-order valence-electron chi connectivity index (χ4n) is 2.91. The molecule has 0 bridgehead atoms. The fraction of sp³-hybridized carbons (Fsp3) is 0.182. The van der Waals surface area contributed by atoms with Gasteiger partial charge in [-0.3, -0.25) is 9.55 Å². The van der Waals surface area contributed by atoms with Crippen molar-refractivity contribution in [3.8, 4) is 17.2 Å². The highest BCUT2D eigenvalue weighted by Gasteiger charge is 2.17. The summed E-state index contributed by atoms with van der Waals surface area (Å²) in [6.45, 7) is 6.35. The van der Waals surface area contributed by atoms with Gasteiger partial charge in [0.05, 0.1) is 6.20 Å². The molecule has 0 unspecified atom stereocenters. The average Bonchev–Trinajstić information content (AvgIpc) is 3.14. The van der Waals surface area contributed by atoms with E-state index in [0.29, 0.717) is 11.5 Å². The molecule has 2 heterocycles. The Morgan fingerprint density at radius 2 is 1.71 bits per heavy atom. The fourth-order valence-corrected chi connectivity index (χ4v) is 3.81. The Kier molecular flexibility index (Phi) is 5.21. The maximum absolute atomic E-state index is 4.45.